The Kier molecular flexibility index (Phi) is 3.37. The second kappa shape index (κ2) is 5.71. The molecule has 0 spiro atoms. The van der Waals surface area contributed by atoms with Gasteiger partial charge in [0.2, 0.25) is 0 Å². The Morgan fingerprint density at radius 3 is 2.75 bits per heavy atom. The summed E-state index contributed by atoms with van der Waals surface area (Å²) in [5.41, 5.74) is 4.84. The second-order valence-corrected chi connectivity index (χ2v) is 7.06. The molecule has 0 amide bonds. The Balaban J connectivity index is 1.51. The third-order valence-electron chi connectivity index (χ3n) is 5.71. The minimum absolute atomic E-state index is 0.504. The second-order valence-electron chi connectivity index (χ2n) is 7.06. The van der Waals surface area contributed by atoms with Crippen LogP contribution >= 0.6 is 0 Å². The molecule has 1 saturated carbocycles. The van der Waals surface area contributed by atoms with Crippen LogP contribution in [0.4, 0.5) is 0 Å². The minimum atomic E-state index is 0.504. The number of pyridine rings is 2. The van der Waals surface area contributed by atoms with Crippen LogP contribution in [0.3, 0.4) is 0 Å². The van der Waals surface area contributed by atoms with Gasteiger partial charge < -0.3 is 4.40 Å². The summed E-state index contributed by atoms with van der Waals surface area (Å²) in [5, 5.41) is 0. The van der Waals surface area contributed by atoms with Crippen molar-refractivity contribution < 1.29 is 0 Å². The van der Waals surface area contributed by atoms with Gasteiger partial charge in [-0.2, -0.15) is 0 Å². The summed E-state index contributed by atoms with van der Waals surface area (Å²) in [6.07, 6.45) is 14.5. The quantitative estimate of drug-likeness (QED) is 0.729. The smallest absolute Gasteiger partial charge is 0.0996 e. The standard InChI is InChI=1S/C20H22N4/c1-5-17(6-1)24-11-3-7-19(24)20-18-9-8-16(13-23(18)14-22-20)15-4-2-10-21-12-15/h2,4,8-10,12-14,17,19H,1,3,5-7,11H2. The first kappa shape index (κ1) is 14.2. The lowest BCUT2D eigenvalue weighted by Gasteiger charge is -2.38. The van der Waals surface area contributed by atoms with Gasteiger partial charge in [-0.3, -0.25) is 9.88 Å². The summed E-state index contributed by atoms with van der Waals surface area (Å²) in [6, 6.07) is 9.80. The average Bonchev–Trinajstić information content (AvgIpc) is 3.20. The third kappa shape index (κ3) is 2.25. The molecule has 0 N–H and O–H groups in total. The molecule has 3 aromatic rings. The zero-order chi connectivity index (χ0) is 15.9. The summed E-state index contributed by atoms with van der Waals surface area (Å²) in [7, 11) is 0. The summed E-state index contributed by atoms with van der Waals surface area (Å²) < 4.78 is 2.18. The van der Waals surface area contributed by atoms with E-state index in [0.29, 0.717) is 6.04 Å². The van der Waals surface area contributed by atoms with E-state index in [2.05, 4.69) is 38.7 Å². The highest BCUT2D eigenvalue weighted by molar-refractivity contribution is 5.66. The summed E-state index contributed by atoms with van der Waals surface area (Å²) in [5.74, 6) is 0. The van der Waals surface area contributed by atoms with Crippen molar-refractivity contribution in [1.82, 2.24) is 19.3 Å². The van der Waals surface area contributed by atoms with Crippen molar-refractivity contribution in [3.8, 4) is 11.1 Å². The molecule has 1 aliphatic heterocycles. The number of hydrogen-bond acceptors (Lipinski definition) is 3. The largest absolute Gasteiger partial charge is 0.305 e. The highest BCUT2D eigenvalue weighted by atomic mass is 15.2. The molecule has 0 bridgehead atoms. The number of hydrogen-bond donors (Lipinski definition) is 0. The maximum atomic E-state index is 4.81. The fourth-order valence-electron chi connectivity index (χ4n) is 4.22. The van der Waals surface area contributed by atoms with Crippen LogP contribution in [0.2, 0.25) is 0 Å². The van der Waals surface area contributed by atoms with Crippen LogP contribution in [0.15, 0.2) is 49.2 Å². The van der Waals surface area contributed by atoms with E-state index in [1.54, 1.807) is 0 Å². The van der Waals surface area contributed by atoms with Gasteiger partial charge in [0.05, 0.1) is 23.6 Å². The molecular weight excluding hydrogens is 296 g/mol. The maximum Gasteiger partial charge on any atom is 0.0996 e. The number of aromatic nitrogens is 3. The fourth-order valence-corrected chi connectivity index (χ4v) is 4.22. The van der Waals surface area contributed by atoms with Gasteiger partial charge in [0.15, 0.2) is 0 Å². The van der Waals surface area contributed by atoms with Gasteiger partial charge >= 0.3 is 0 Å². The van der Waals surface area contributed by atoms with Crippen molar-refractivity contribution in [2.24, 2.45) is 0 Å². The van der Waals surface area contributed by atoms with Crippen molar-refractivity contribution in [1.29, 1.82) is 0 Å². The Morgan fingerprint density at radius 2 is 1.96 bits per heavy atom. The molecule has 2 fully saturated rings. The fraction of sp³-hybridized carbons (Fsp3) is 0.400. The van der Waals surface area contributed by atoms with E-state index in [1.165, 1.54) is 55.4 Å². The van der Waals surface area contributed by atoms with Crippen LogP contribution in [0.1, 0.15) is 43.8 Å². The Morgan fingerprint density at radius 1 is 1.00 bits per heavy atom. The van der Waals surface area contributed by atoms with Gasteiger partial charge in [-0.05, 0) is 49.9 Å². The molecule has 1 atom stereocenters. The van der Waals surface area contributed by atoms with Crippen molar-refractivity contribution in [2.75, 3.05) is 6.54 Å². The zero-order valence-electron chi connectivity index (χ0n) is 13.8. The molecule has 4 nitrogen and oxygen atoms in total. The van der Waals surface area contributed by atoms with Crippen molar-refractivity contribution >= 4 is 5.52 Å². The van der Waals surface area contributed by atoms with E-state index >= 15 is 0 Å². The number of imidazole rings is 1. The Bertz CT molecular complexity index is 850. The molecule has 4 heterocycles. The van der Waals surface area contributed by atoms with Crippen LogP contribution in [-0.4, -0.2) is 31.9 Å². The normalized spacial score (nSPS) is 22.1. The van der Waals surface area contributed by atoms with Crippen molar-refractivity contribution in [3.63, 3.8) is 0 Å². The first-order valence-electron chi connectivity index (χ1n) is 9.03. The van der Waals surface area contributed by atoms with Crippen molar-refractivity contribution in [2.45, 2.75) is 44.2 Å². The van der Waals surface area contributed by atoms with E-state index in [0.717, 1.165) is 11.6 Å². The van der Waals surface area contributed by atoms with Gasteiger partial charge in [0.25, 0.3) is 0 Å². The lowest BCUT2D eigenvalue weighted by atomic mass is 9.90. The summed E-state index contributed by atoms with van der Waals surface area (Å²) in [6.45, 7) is 1.24. The molecule has 1 unspecified atom stereocenters. The Labute approximate surface area is 142 Å². The molecule has 4 heteroatoms. The van der Waals surface area contributed by atoms with Crippen LogP contribution in [-0.2, 0) is 0 Å². The molecular formula is C20H22N4. The molecule has 1 saturated heterocycles. The topological polar surface area (TPSA) is 33.4 Å². The molecule has 0 radical (unpaired) electrons. The number of rotatable bonds is 3. The van der Waals surface area contributed by atoms with Crippen LogP contribution < -0.4 is 0 Å². The van der Waals surface area contributed by atoms with Gasteiger partial charge in [0.1, 0.15) is 0 Å². The zero-order valence-corrected chi connectivity index (χ0v) is 13.8. The minimum Gasteiger partial charge on any atom is -0.305 e. The highest BCUT2D eigenvalue weighted by Gasteiger charge is 2.36. The van der Waals surface area contributed by atoms with Crippen molar-refractivity contribution in [3.05, 3.63) is 54.9 Å². The van der Waals surface area contributed by atoms with E-state index in [9.17, 15) is 0 Å². The van der Waals surface area contributed by atoms with Gasteiger partial charge in [-0.15, -0.1) is 0 Å². The third-order valence-corrected chi connectivity index (χ3v) is 5.71. The van der Waals surface area contributed by atoms with Crippen LogP contribution in [0, 0.1) is 0 Å². The van der Waals surface area contributed by atoms with E-state index < -0.39 is 0 Å². The maximum absolute atomic E-state index is 4.81. The average molecular weight is 318 g/mol. The molecule has 5 rings (SSSR count). The summed E-state index contributed by atoms with van der Waals surface area (Å²) >= 11 is 0. The van der Waals surface area contributed by atoms with E-state index in [-0.39, 0.29) is 0 Å². The molecule has 24 heavy (non-hydrogen) atoms. The molecule has 3 aromatic heterocycles. The van der Waals surface area contributed by atoms with E-state index in [4.69, 9.17) is 4.98 Å². The van der Waals surface area contributed by atoms with Gasteiger partial charge in [0, 0.05) is 30.2 Å². The van der Waals surface area contributed by atoms with Crippen LogP contribution in [0.25, 0.3) is 16.6 Å². The van der Waals surface area contributed by atoms with Gasteiger partial charge in [-0.1, -0.05) is 18.6 Å². The molecule has 122 valence electrons. The van der Waals surface area contributed by atoms with Crippen LogP contribution in [0.5, 0.6) is 0 Å². The number of fused-ring (bicyclic) bond motifs is 1. The predicted octanol–water partition coefficient (Wildman–Crippen LogP) is 4.09. The SMILES string of the molecule is c1cncc(-c2ccc3c(C4CCCN4C4CCC4)ncn3c2)c1. The lowest BCUT2D eigenvalue weighted by Crippen LogP contribution is -2.39. The van der Waals surface area contributed by atoms with Gasteiger partial charge in [-0.25, -0.2) is 4.98 Å². The highest BCUT2D eigenvalue weighted by Crippen LogP contribution is 2.40. The first-order chi connectivity index (χ1) is 11.9. The molecule has 1 aliphatic carbocycles. The first-order valence-corrected chi connectivity index (χ1v) is 9.03. The predicted molar refractivity (Wildman–Crippen MR) is 94.7 cm³/mol. The Hall–Kier alpha value is -2.20. The van der Waals surface area contributed by atoms with E-state index in [1.807, 2.05) is 24.8 Å². The number of nitrogens with zero attached hydrogens (tertiary/aromatic N) is 4. The molecule has 2 aliphatic rings. The monoisotopic (exact) mass is 318 g/mol. The summed E-state index contributed by atoms with van der Waals surface area (Å²) in [4.78, 5) is 11.7. The number of likely N-dealkylation sites (tertiary alicyclic amines) is 1. The molecule has 0 aromatic carbocycles. The lowest BCUT2D eigenvalue weighted by molar-refractivity contribution is 0.113.